The Morgan fingerprint density at radius 2 is 2.32 bits per heavy atom. The zero-order valence-corrected chi connectivity index (χ0v) is 11.0. The number of anilines is 1. The molecule has 0 radical (unpaired) electrons. The van der Waals surface area contributed by atoms with E-state index in [9.17, 15) is 4.79 Å². The second-order valence-electron chi connectivity index (χ2n) is 4.50. The summed E-state index contributed by atoms with van der Waals surface area (Å²) in [6.07, 6.45) is 3.19. The summed E-state index contributed by atoms with van der Waals surface area (Å²) in [4.78, 5) is 18.0. The first-order valence-corrected chi connectivity index (χ1v) is 6.53. The SMILES string of the molecule is CCOC(=O)C1CCN(c2ncccc2C#N)CC1. The van der Waals surface area contributed by atoms with Gasteiger partial charge in [-0.3, -0.25) is 4.79 Å². The third-order valence-electron chi connectivity index (χ3n) is 3.32. The summed E-state index contributed by atoms with van der Waals surface area (Å²) >= 11 is 0. The summed E-state index contributed by atoms with van der Waals surface area (Å²) in [6, 6.07) is 5.67. The van der Waals surface area contributed by atoms with Gasteiger partial charge in [0.1, 0.15) is 11.9 Å². The van der Waals surface area contributed by atoms with Crippen LogP contribution in [0.4, 0.5) is 5.82 Å². The Balaban J connectivity index is 2.00. The molecule has 0 spiro atoms. The average Bonchev–Trinajstić information content (AvgIpc) is 2.47. The van der Waals surface area contributed by atoms with Crippen LogP contribution in [0.15, 0.2) is 18.3 Å². The van der Waals surface area contributed by atoms with Gasteiger partial charge in [-0.2, -0.15) is 5.26 Å². The van der Waals surface area contributed by atoms with E-state index < -0.39 is 0 Å². The van der Waals surface area contributed by atoms with Gasteiger partial charge in [-0.05, 0) is 31.9 Å². The van der Waals surface area contributed by atoms with Gasteiger partial charge in [0.2, 0.25) is 0 Å². The summed E-state index contributed by atoms with van der Waals surface area (Å²) in [7, 11) is 0. The Bertz CT molecular complexity index is 488. The number of carbonyl (C=O) groups excluding carboxylic acids is 1. The third-order valence-corrected chi connectivity index (χ3v) is 3.32. The van der Waals surface area contributed by atoms with Gasteiger partial charge in [0.05, 0.1) is 18.1 Å². The topological polar surface area (TPSA) is 66.2 Å². The fourth-order valence-electron chi connectivity index (χ4n) is 2.32. The Labute approximate surface area is 112 Å². The van der Waals surface area contributed by atoms with Crippen LogP contribution >= 0.6 is 0 Å². The number of carbonyl (C=O) groups is 1. The number of piperidine rings is 1. The maximum absolute atomic E-state index is 11.7. The second-order valence-corrected chi connectivity index (χ2v) is 4.50. The highest BCUT2D eigenvalue weighted by atomic mass is 16.5. The number of aromatic nitrogens is 1. The van der Waals surface area contributed by atoms with Gasteiger partial charge < -0.3 is 9.64 Å². The maximum atomic E-state index is 11.7. The van der Waals surface area contributed by atoms with Crippen LogP contribution in [0.1, 0.15) is 25.3 Å². The van der Waals surface area contributed by atoms with Crippen molar-refractivity contribution in [3.63, 3.8) is 0 Å². The van der Waals surface area contributed by atoms with Crippen molar-refractivity contribution in [2.75, 3.05) is 24.6 Å². The maximum Gasteiger partial charge on any atom is 0.309 e. The van der Waals surface area contributed by atoms with Crippen molar-refractivity contribution in [3.05, 3.63) is 23.9 Å². The molecule has 1 saturated heterocycles. The molecule has 0 saturated carbocycles. The van der Waals surface area contributed by atoms with Crippen LogP contribution in [0, 0.1) is 17.2 Å². The van der Waals surface area contributed by atoms with Crippen LogP contribution in [0.5, 0.6) is 0 Å². The van der Waals surface area contributed by atoms with Crippen molar-refractivity contribution >= 4 is 11.8 Å². The molecule has 1 aromatic heterocycles. The molecule has 0 bridgehead atoms. The number of hydrogen-bond acceptors (Lipinski definition) is 5. The van der Waals surface area contributed by atoms with Gasteiger partial charge >= 0.3 is 5.97 Å². The summed E-state index contributed by atoms with van der Waals surface area (Å²) in [5, 5.41) is 9.07. The molecule has 100 valence electrons. The fraction of sp³-hybridized carbons (Fsp3) is 0.500. The zero-order chi connectivity index (χ0) is 13.7. The van der Waals surface area contributed by atoms with Crippen molar-refractivity contribution in [1.29, 1.82) is 5.26 Å². The van der Waals surface area contributed by atoms with E-state index in [0.717, 1.165) is 25.9 Å². The molecule has 0 aromatic carbocycles. The molecule has 0 N–H and O–H groups in total. The number of pyridine rings is 1. The lowest BCUT2D eigenvalue weighted by Crippen LogP contribution is -2.37. The van der Waals surface area contributed by atoms with E-state index in [-0.39, 0.29) is 11.9 Å². The smallest absolute Gasteiger partial charge is 0.309 e. The summed E-state index contributed by atoms with van der Waals surface area (Å²) in [5.74, 6) is 0.585. The summed E-state index contributed by atoms with van der Waals surface area (Å²) < 4.78 is 5.04. The summed E-state index contributed by atoms with van der Waals surface area (Å²) in [6.45, 7) is 3.71. The number of ether oxygens (including phenoxy) is 1. The van der Waals surface area contributed by atoms with Gasteiger partial charge in [-0.25, -0.2) is 4.98 Å². The Hall–Kier alpha value is -2.09. The highest BCUT2D eigenvalue weighted by Gasteiger charge is 2.27. The predicted octanol–water partition coefficient (Wildman–Crippen LogP) is 1.73. The van der Waals surface area contributed by atoms with E-state index in [2.05, 4.69) is 16.0 Å². The number of esters is 1. The third kappa shape index (κ3) is 3.02. The van der Waals surface area contributed by atoms with Gasteiger partial charge in [0, 0.05) is 19.3 Å². The molecule has 2 heterocycles. The molecule has 1 aliphatic rings. The van der Waals surface area contributed by atoms with Crippen LogP contribution in [0.2, 0.25) is 0 Å². The summed E-state index contributed by atoms with van der Waals surface area (Å²) in [5.41, 5.74) is 0.581. The standard InChI is InChI=1S/C14H17N3O2/c1-2-19-14(18)11-5-8-17(9-6-11)13-12(10-15)4-3-7-16-13/h3-4,7,11H,2,5-6,8-9H2,1H3. The van der Waals surface area contributed by atoms with E-state index in [1.807, 2.05) is 6.92 Å². The highest BCUT2D eigenvalue weighted by molar-refractivity contribution is 5.73. The number of nitrogens with zero attached hydrogens (tertiary/aromatic N) is 3. The van der Waals surface area contributed by atoms with Gasteiger partial charge in [-0.15, -0.1) is 0 Å². The molecule has 1 aromatic rings. The van der Waals surface area contributed by atoms with Crippen molar-refractivity contribution in [2.24, 2.45) is 5.92 Å². The zero-order valence-electron chi connectivity index (χ0n) is 11.0. The average molecular weight is 259 g/mol. The molecule has 0 unspecified atom stereocenters. The fourth-order valence-corrected chi connectivity index (χ4v) is 2.32. The molecule has 19 heavy (non-hydrogen) atoms. The molecule has 5 heteroatoms. The first kappa shape index (κ1) is 13.3. The van der Waals surface area contributed by atoms with Gasteiger partial charge in [-0.1, -0.05) is 0 Å². The van der Waals surface area contributed by atoms with E-state index in [1.54, 1.807) is 18.3 Å². The molecule has 2 rings (SSSR count). The Morgan fingerprint density at radius 1 is 1.58 bits per heavy atom. The molecule has 1 fully saturated rings. The predicted molar refractivity (Wildman–Crippen MR) is 70.5 cm³/mol. The van der Waals surface area contributed by atoms with Crippen LogP contribution < -0.4 is 4.90 Å². The van der Waals surface area contributed by atoms with Crippen LogP contribution in [0.3, 0.4) is 0 Å². The Kier molecular flexibility index (Phi) is 4.35. The largest absolute Gasteiger partial charge is 0.466 e. The van der Waals surface area contributed by atoms with E-state index in [4.69, 9.17) is 10.00 Å². The number of hydrogen-bond donors (Lipinski definition) is 0. The monoisotopic (exact) mass is 259 g/mol. The van der Waals surface area contributed by atoms with Crippen molar-refractivity contribution in [1.82, 2.24) is 4.98 Å². The quantitative estimate of drug-likeness (QED) is 0.773. The molecular weight excluding hydrogens is 242 g/mol. The van der Waals surface area contributed by atoms with Crippen LogP contribution in [-0.2, 0) is 9.53 Å². The molecular formula is C14H17N3O2. The number of nitriles is 1. The van der Waals surface area contributed by atoms with Gasteiger partial charge in [0.25, 0.3) is 0 Å². The molecule has 0 aliphatic carbocycles. The van der Waals surface area contributed by atoms with Crippen molar-refractivity contribution in [3.8, 4) is 6.07 Å². The minimum atomic E-state index is -0.108. The first-order valence-electron chi connectivity index (χ1n) is 6.53. The Morgan fingerprint density at radius 3 is 2.95 bits per heavy atom. The van der Waals surface area contributed by atoms with Crippen molar-refractivity contribution < 1.29 is 9.53 Å². The lowest BCUT2D eigenvalue weighted by molar-refractivity contribution is -0.148. The van der Waals surface area contributed by atoms with Crippen LogP contribution in [-0.4, -0.2) is 30.6 Å². The lowest BCUT2D eigenvalue weighted by Gasteiger charge is -2.32. The second kappa shape index (κ2) is 6.19. The van der Waals surface area contributed by atoms with E-state index >= 15 is 0 Å². The molecule has 0 amide bonds. The molecule has 1 aliphatic heterocycles. The first-order chi connectivity index (χ1) is 9.26. The van der Waals surface area contributed by atoms with E-state index in [1.165, 1.54) is 0 Å². The van der Waals surface area contributed by atoms with Crippen LogP contribution in [0.25, 0.3) is 0 Å². The normalized spacial score (nSPS) is 15.9. The minimum absolute atomic E-state index is 0.0227. The lowest BCUT2D eigenvalue weighted by atomic mass is 9.97. The minimum Gasteiger partial charge on any atom is -0.466 e. The molecule has 5 nitrogen and oxygen atoms in total. The van der Waals surface area contributed by atoms with Crippen molar-refractivity contribution in [2.45, 2.75) is 19.8 Å². The molecule has 0 atom stereocenters. The highest BCUT2D eigenvalue weighted by Crippen LogP contribution is 2.24. The van der Waals surface area contributed by atoms with Gasteiger partial charge in [0.15, 0.2) is 0 Å². The number of rotatable bonds is 3. The van der Waals surface area contributed by atoms with E-state index in [0.29, 0.717) is 18.0 Å².